The molecule has 0 unspecified atom stereocenters. The molecule has 4 rings (SSSR count). The fraction of sp³-hybridized carbons (Fsp3) is 0.875. The Morgan fingerprint density at radius 1 is 1.36 bits per heavy atom. The molecule has 4 bridgehead atoms. The van der Waals surface area contributed by atoms with Crippen molar-refractivity contribution in [1.29, 1.82) is 0 Å². The van der Waals surface area contributed by atoms with Gasteiger partial charge in [-0.1, -0.05) is 0 Å². The van der Waals surface area contributed by atoms with Gasteiger partial charge in [-0.3, -0.25) is 4.79 Å². The molecule has 0 aromatic rings. The van der Waals surface area contributed by atoms with Gasteiger partial charge in [0.05, 0.1) is 0 Å². The van der Waals surface area contributed by atoms with E-state index in [9.17, 15) is 4.79 Å². The molecule has 4 aliphatic carbocycles. The molecule has 2 N–H and O–H groups in total. The lowest BCUT2D eigenvalue weighted by atomic mass is 9.98. The van der Waals surface area contributed by atoms with Crippen molar-refractivity contribution >= 4 is 17.5 Å². The molecule has 2 nitrogen and oxygen atoms in total. The molecule has 4 aliphatic rings. The van der Waals surface area contributed by atoms with Crippen LogP contribution >= 0.6 is 11.6 Å². The molecular weight excluding hydrogens is 162 g/mol. The largest absolute Gasteiger partial charge is 0.369 e. The first kappa shape index (κ1) is 6.30. The smallest absolute Gasteiger partial charge is 0.221 e. The van der Waals surface area contributed by atoms with Crippen molar-refractivity contribution in [1.82, 2.24) is 0 Å². The second-order valence-corrected chi connectivity index (χ2v) is 4.59. The standard InChI is InChI=1S/C8H10ClNO/c9-7-3-1-2-4(5(2)7)6(3)8(10)11/h2-7H,1H2,(H2,10,11)/t2-,3+,4-,5-,6+,7-/m1/s1. The molecule has 0 aromatic carbocycles. The first-order chi connectivity index (χ1) is 5.22. The zero-order valence-corrected chi connectivity index (χ0v) is 6.79. The van der Waals surface area contributed by atoms with Gasteiger partial charge in [-0.15, -0.1) is 11.6 Å². The van der Waals surface area contributed by atoms with Crippen LogP contribution in [0.1, 0.15) is 6.42 Å². The number of hydrogen-bond acceptors (Lipinski definition) is 1. The molecule has 0 spiro atoms. The predicted octanol–water partition coefficient (Wildman–Crippen LogP) is 0.591. The fourth-order valence-electron chi connectivity index (χ4n) is 3.46. The van der Waals surface area contributed by atoms with Crippen molar-refractivity contribution < 1.29 is 4.79 Å². The lowest BCUT2D eigenvalue weighted by Gasteiger charge is -2.11. The quantitative estimate of drug-likeness (QED) is 0.577. The summed E-state index contributed by atoms with van der Waals surface area (Å²) < 4.78 is 0. The Morgan fingerprint density at radius 2 is 2.09 bits per heavy atom. The summed E-state index contributed by atoms with van der Waals surface area (Å²) in [4.78, 5) is 11.0. The Kier molecular flexibility index (Phi) is 0.905. The van der Waals surface area contributed by atoms with E-state index in [2.05, 4.69) is 0 Å². The van der Waals surface area contributed by atoms with Gasteiger partial charge in [0.2, 0.25) is 5.91 Å². The topological polar surface area (TPSA) is 43.1 Å². The van der Waals surface area contributed by atoms with Crippen molar-refractivity contribution in [2.75, 3.05) is 0 Å². The number of alkyl halides is 1. The van der Waals surface area contributed by atoms with E-state index in [4.69, 9.17) is 17.3 Å². The molecular formula is C8H10ClNO. The molecule has 6 atom stereocenters. The summed E-state index contributed by atoms with van der Waals surface area (Å²) in [5, 5.41) is 0.266. The first-order valence-corrected chi connectivity index (χ1v) is 4.59. The zero-order valence-electron chi connectivity index (χ0n) is 6.03. The van der Waals surface area contributed by atoms with Gasteiger partial charge < -0.3 is 5.73 Å². The first-order valence-electron chi connectivity index (χ1n) is 4.15. The summed E-state index contributed by atoms with van der Waals surface area (Å²) in [7, 11) is 0. The Morgan fingerprint density at radius 3 is 2.27 bits per heavy atom. The number of rotatable bonds is 1. The zero-order chi connectivity index (χ0) is 7.75. The van der Waals surface area contributed by atoms with Gasteiger partial charge in [0.25, 0.3) is 0 Å². The van der Waals surface area contributed by atoms with Crippen LogP contribution in [-0.4, -0.2) is 11.3 Å². The third-order valence-electron chi connectivity index (χ3n) is 3.82. The highest BCUT2D eigenvalue weighted by atomic mass is 35.5. The molecule has 1 amide bonds. The number of halogens is 1. The monoisotopic (exact) mass is 171 g/mol. The molecule has 0 radical (unpaired) electrons. The predicted molar refractivity (Wildman–Crippen MR) is 40.9 cm³/mol. The van der Waals surface area contributed by atoms with Gasteiger partial charge in [-0.25, -0.2) is 0 Å². The molecule has 0 aliphatic heterocycles. The number of carbonyl (C=O) groups excluding carboxylic acids is 1. The summed E-state index contributed by atoms with van der Waals surface area (Å²) in [5.41, 5.74) is 5.30. The number of primary amides is 1. The Labute approximate surface area is 70.1 Å². The molecule has 4 saturated carbocycles. The van der Waals surface area contributed by atoms with Crippen molar-refractivity contribution in [3.63, 3.8) is 0 Å². The lowest BCUT2D eigenvalue weighted by Crippen LogP contribution is -2.27. The number of nitrogens with two attached hydrogens (primary N) is 1. The van der Waals surface area contributed by atoms with Gasteiger partial charge in [0.15, 0.2) is 0 Å². The van der Waals surface area contributed by atoms with Crippen LogP contribution in [0.25, 0.3) is 0 Å². The SMILES string of the molecule is NC(=O)[C@H]1[C@@H]2C[C@H]3[C@@H]([C@@H]2Cl)[C@@H]31. The van der Waals surface area contributed by atoms with E-state index < -0.39 is 0 Å². The number of amides is 1. The molecule has 3 heteroatoms. The summed E-state index contributed by atoms with van der Waals surface area (Å²) in [6, 6.07) is 0. The van der Waals surface area contributed by atoms with Crippen molar-refractivity contribution in [2.24, 2.45) is 35.3 Å². The molecule has 0 saturated heterocycles. The van der Waals surface area contributed by atoms with Crippen molar-refractivity contribution in [2.45, 2.75) is 11.8 Å². The summed E-state index contributed by atoms with van der Waals surface area (Å²) in [6.07, 6.45) is 1.16. The molecule has 4 fully saturated rings. The molecule has 0 heterocycles. The van der Waals surface area contributed by atoms with Gasteiger partial charge in [0.1, 0.15) is 0 Å². The van der Waals surface area contributed by atoms with Gasteiger partial charge in [-0.2, -0.15) is 0 Å². The molecule has 11 heavy (non-hydrogen) atoms. The van der Waals surface area contributed by atoms with Crippen LogP contribution in [-0.2, 0) is 4.79 Å². The number of carbonyl (C=O) groups is 1. The van der Waals surface area contributed by atoms with Crippen LogP contribution in [0.5, 0.6) is 0 Å². The van der Waals surface area contributed by atoms with Crippen LogP contribution in [0.2, 0.25) is 0 Å². The van der Waals surface area contributed by atoms with E-state index in [1.807, 2.05) is 0 Å². The lowest BCUT2D eigenvalue weighted by molar-refractivity contribution is -0.122. The Bertz CT molecular complexity index is 242. The highest BCUT2D eigenvalue weighted by molar-refractivity contribution is 6.22. The van der Waals surface area contributed by atoms with Gasteiger partial charge in [0, 0.05) is 11.3 Å². The number of hydrogen-bond donors (Lipinski definition) is 1. The highest BCUT2D eigenvalue weighted by Crippen LogP contribution is 2.74. The van der Waals surface area contributed by atoms with E-state index >= 15 is 0 Å². The fourth-order valence-corrected chi connectivity index (χ4v) is 4.07. The normalized spacial score (nSPS) is 63.4. The maximum absolute atomic E-state index is 11.0. The summed E-state index contributed by atoms with van der Waals surface area (Å²) in [5.74, 6) is 2.44. The minimum Gasteiger partial charge on any atom is -0.369 e. The molecule has 60 valence electrons. The third-order valence-corrected chi connectivity index (χ3v) is 4.43. The van der Waals surface area contributed by atoms with E-state index in [1.165, 1.54) is 0 Å². The Balaban J connectivity index is 1.97. The van der Waals surface area contributed by atoms with Gasteiger partial charge >= 0.3 is 0 Å². The minimum absolute atomic E-state index is 0.117. The van der Waals surface area contributed by atoms with Crippen LogP contribution in [0.4, 0.5) is 0 Å². The van der Waals surface area contributed by atoms with Crippen LogP contribution in [0.3, 0.4) is 0 Å². The van der Waals surface area contributed by atoms with E-state index in [0.29, 0.717) is 17.8 Å². The van der Waals surface area contributed by atoms with Crippen LogP contribution in [0.15, 0.2) is 0 Å². The second-order valence-electron chi connectivity index (χ2n) is 4.09. The van der Waals surface area contributed by atoms with Crippen LogP contribution in [0, 0.1) is 29.6 Å². The second kappa shape index (κ2) is 1.58. The Hall–Kier alpha value is -0.240. The maximum atomic E-state index is 11.0. The summed E-state index contributed by atoms with van der Waals surface area (Å²) in [6.45, 7) is 0. The van der Waals surface area contributed by atoms with E-state index in [1.54, 1.807) is 0 Å². The average molecular weight is 172 g/mol. The highest BCUT2D eigenvalue weighted by Gasteiger charge is 2.74. The van der Waals surface area contributed by atoms with Gasteiger partial charge in [-0.05, 0) is 30.1 Å². The summed E-state index contributed by atoms with van der Waals surface area (Å²) >= 11 is 6.13. The van der Waals surface area contributed by atoms with E-state index in [-0.39, 0.29) is 17.2 Å². The van der Waals surface area contributed by atoms with E-state index in [0.717, 1.165) is 12.3 Å². The van der Waals surface area contributed by atoms with Crippen molar-refractivity contribution in [3.05, 3.63) is 0 Å². The maximum Gasteiger partial charge on any atom is 0.221 e. The molecule has 0 aromatic heterocycles. The third kappa shape index (κ3) is 0.516. The van der Waals surface area contributed by atoms with Crippen molar-refractivity contribution in [3.8, 4) is 0 Å². The van der Waals surface area contributed by atoms with Crippen LogP contribution < -0.4 is 5.73 Å². The average Bonchev–Trinajstić information content (AvgIpc) is 2.33. The minimum atomic E-state index is -0.117.